The third-order valence-corrected chi connectivity index (χ3v) is 3.30. The lowest BCUT2D eigenvalue weighted by Crippen LogP contribution is -2.47. The van der Waals surface area contributed by atoms with Crippen LogP contribution >= 0.6 is 0 Å². The molecule has 0 aromatic carbocycles. The molecule has 2 aliphatic rings. The Morgan fingerprint density at radius 3 is 2.83 bits per heavy atom. The molecule has 1 saturated heterocycles. The Bertz CT molecular complexity index is 148. The van der Waals surface area contributed by atoms with Crippen LogP contribution in [0.15, 0.2) is 0 Å². The maximum Gasteiger partial charge on any atom is 0.0625 e. The highest BCUT2D eigenvalue weighted by atomic mass is 16.5. The fourth-order valence-corrected chi connectivity index (χ4v) is 2.39. The molecule has 2 heteroatoms. The molecule has 70 valence electrons. The van der Waals surface area contributed by atoms with Crippen molar-refractivity contribution in [3.63, 3.8) is 0 Å². The summed E-state index contributed by atoms with van der Waals surface area (Å²) in [7, 11) is 0. The highest BCUT2D eigenvalue weighted by Gasteiger charge is 2.48. The van der Waals surface area contributed by atoms with E-state index in [1.807, 2.05) is 0 Å². The van der Waals surface area contributed by atoms with Gasteiger partial charge in [-0.3, -0.25) is 0 Å². The summed E-state index contributed by atoms with van der Waals surface area (Å²) in [6.07, 6.45) is 5.54. The van der Waals surface area contributed by atoms with Gasteiger partial charge in [-0.05, 0) is 24.7 Å². The summed E-state index contributed by atoms with van der Waals surface area (Å²) in [5.41, 5.74) is 0.634. The summed E-state index contributed by atoms with van der Waals surface area (Å²) in [6, 6.07) is 0.659. The first kappa shape index (κ1) is 8.52. The van der Waals surface area contributed by atoms with E-state index in [9.17, 15) is 0 Å². The van der Waals surface area contributed by atoms with Crippen LogP contribution in [0.3, 0.4) is 0 Å². The SMILES string of the molecule is CCCC1(C2COCCN2)CC1. The predicted molar refractivity (Wildman–Crippen MR) is 49.2 cm³/mol. The van der Waals surface area contributed by atoms with Crippen molar-refractivity contribution in [3.05, 3.63) is 0 Å². The van der Waals surface area contributed by atoms with Crippen LogP contribution in [0.4, 0.5) is 0 Å². The van der Waals surface area contributed by atoms with Crippen molar-refractivity contribution < 1.29 is 4.74 Å². The maximum absolute atomic E-state index is 5.49. The van der Waals surface area contributed by atoms with E-state index in [-0.39, 0.29) is 0 Å². The van der Waals surface area contributed by atoms with Crippen molar-refractivity contribution in [3.8, 4) is 0 Å². The van der Waals surface area contributed by atoms with Gasteiger partial charge in [0, 0.05) is 12.6 Å². The molecule has 0 spiro atoms. The summed E-state index contributed by atoms with van der Waals surface area (Å²) in [6.45, 7) is 5.18. The first-order valence-corrected chi connectivity index (χ1v) is 5.18. The Hall–Kier alpha value is -0.0800. The van der Waals surface area contributed by atoms with Crippen LogP contribution in [-0.2, 0) is 4.74 Å². The molecule has 0 radical (unpaired) electrons. The first-order chi connectivity index (χ1) is 5.87. The van der Waals surface area contributed by atoms with Gasteiger partial charge in [0.05, 0.1) is 13.2 Å². The van der Waals surface area contributed by atoms with Gasteiger partial charge in [0.25, 0.3) is 0 Å². The van der Waals surface area contributed by atoms with E-state index < -0.39 is 0 Å². The Morgan fingerprint density at radius 1 is 1.50 bits per heavy atom. The minimum atomic E-state index is 0.634. The van der Waals surface area contributed by atoms with E-state index in [0.29, 0.717) is 11.5 Å². The Morgan fingerprint density at radius 2 is 2.33 bits per heavy atom. The van der Waals surface area contributed by atoms with Crippen LogP contribution in [0.5, 0.6) is 0 Å². The van der Waals surface area contributed by atoms with Gasteiger partial charge >= 0.3 is 0 Å². The Kier molecular flexibility index (Phi) is 2.37. The third-order valence-electron chi connectivity index (χ3n) is 3.30. The smallest absolute Gasteiger partial charge is 0.0625 e. The summed E-state index contributed by atoms with van der Waals surface area (Å²) < 4.78 is 5.49. The van der Waals surface area contributed by atoms with Crippen LogP contribution in [0, 0.1) is 5.41 Å². The molecule has 1 unspecified atom stereocenters. The summed E-state index contributed by atoms with van der Waals surface area (Å²) in [5.74, 6) is 0. The van der Waals surface area contributed by atoms with Crippen LogP contribution in [0.1, 0.15) is 32.6 Å². The van der Waals surface area contributed by atoms with Crippen LogP contribution < -0.4 is 5.32 Å². The number of morpholine rings is 1. The van der Waals surface area contributed by atoms with Gasteiger partial charge < -0.3 is 10.1 Å². The van der Waals surface area contributed by atoms with Crippen LogP contribution in [0.25, 0.3) is 0 Å². The van der Waals surface area contributed by atoms with E-state index in [1.165, 1.54) is 25.7 Å². The lowest BCUT2D eigenvalue weighted by atomic mass is 9.91. The van der Waals surface area contributed by atoms with Gasteiger partial charge in [0.1, 0.15) is 0 Å². The zero-order valence-electron chi connectivity index (χ0n) is 7.94. The molecule has 2 fully saturated rings. The van der Waals surface area contributed by atoms with Crippen molar-refractivity contribution in [2.45, 2.75) is 38.6 Å². The number of nitrogens with one attached hydrogen (secondary N) is 1. The molecule has 0 bridgehead atoms. The maximum atomic E-state index is 5.49. The summed E-state index contributed by atoms with van der Waals surface area (Å²) in [5, 5.41) is 3.58. The lowest BCUT2D eigenvalue weighted by Gasteiger charge is -2.31. The summed E-state index contributed by atoms with van der Waals surface area (Å²) >= 11 is 0. The molecular formula is C10H19NO. The van der Waals surface area contributed by atoms with Gasteiger partial charge in [0.2, 0.25) is 0 Å². The quantitative estimate of drug-likeness (QED) is 0.692. The van der Waals surface area contributed by atoms with Gasteiger partial charge in [-0.15, -0.1) is 0 Å². The molecule has 1 atom stereocenters. The van der Waals surface area contributed by atoms with E-state index >= 15 is 0 Å². The number of hydrogen-bond acceptors (Lipinski definition) is 2. The topological polar surface area (TPSA) is 21.3 Å². The van der Waals surface area contributed by atoms with Crippen molar-refractivity contribution in [1.29, 1.82) is 0 Å². The highest BCUT2D eigenvalue weighted by molar-refractivity contribution is 5.02. The van der Waals surface area contributed by atoms with E-state index in [4.69, 9.17) is 4.74 Å². The minimum Gasteiger partial charge on any atom is -0.378 e. The average molecular weight is 169 g/mol. The van der Waals surface area contributed by atoms with Gasteiger partial charge in [0.15, 0.2) is 0 Å². The average Bonchev–Trinajstić information content (AvgIpc) is 2.88. The third kappa shape index (κ3) is 1.50. The van der Waals surface area contributed by atoms with E-state index in [2.05, 4.69) is 12.2 Å². The van der Waals surface area contributed by atoms with Crippen molar-refractivity contribution in [2.24, 2.45) is 5.41 Å². The Balaban J connectivity index is 1.88. The minimum absolute atomic E-state index is 0.634. The molecule has 12 heavy (non-hydrogen) atoms. The zero-order valence-corrected chi connectivity index (χ0v) is 7.94. The number of rotatable bonds is 3. The molecule has 0 amide bonds. The number of hydrogen-bond donors (Lipinski definition) is 1. The molecule has 2 nitrogen and oxygen atoms in total. The fraction of sp³-hybridized carbons (Fsp3) is 1.00. The summed E-state index contributed by atoms with van der Waals surface area (Å²) in [4.78, 5) is 0. The van der Waals surface area contributed by atoms with Gasteiger partial charge in [-0.2, -0.15) is 0 Å². The standard InChI is InChI=1S/C10H19NO/c1-2-3-10(4-5-10)9-8-12-7-6-11-9/h9,11H,2-8H2,1H3. The van der Waals surface area contributed by atoms with Crippen molar-refractivity contribution in [2.75, 3.05) is 19.8 Å². The zero-order chi connectivity index (χ0) is 8.44. The van der Waals surface area contributed by atoms with Crippen LogP contribution in [-0.4, -0.2) is 25.8 Å². The number of ether oxygens (including phenoxy) is 1. The molecule has 1 saturated carbocycles. The fourth-order valence-electron chi connectivity index (χ4n) is 2.39. The van der Waals surface area contributed by atoms with Crippen molar-refractivity contribution in [1.82, 2.24) is 5.32 Å². The molecule has 0 aromatic rings. The monoisotopic (exact) mass is 169 g/mol. The largest absolute Gasteiger partial charge is 0.378 e. The molecule has 1 aliphatic carbocycles. The lowest BCUT2D eigenvalue weighted by molar-refractivity contribution is 0.0487. The molecular weight excluding hydrogens is 150 g/mol. The first-order valence-electron chi connectivity index (χ1n) is 5.18. The van der Waals surface area contributed by atoms with Crippen LogP contribution in [0.2, 0.25) is 0 Å². The van der Waals surface area contributed by atoms with Gasteiger partial charge in [-0.25, -0.2) is 0 Å². The molecule has 0 aromatic heterocycles. The molecule has 1 aliphatic heterocycles. The van der Waals surface area contributed by atoms with E-state index in [0.717, 1.165) is 19.8 Å². The van der Waals surface area contributed by atoms with Gasteiger partial charge in [-0.1, -0.05) is 13.3 Å². The molecule has 1 heterocycles. The normalized spacial score (nSPS) is 33.2. The second-order valence-corrected chi connectivity index (χ2v) is 4.19. The van der Waals surface area contributed by atoms with Crippen molar-refractivity contribution >= 4 is 0 Å². The second-order valence-electron chi connectivity index (χ2n) is 4.19. The predicted octanol–water partition coefficient (Wildman–Crippen LogP) is 1.56. The van der Waals surface area contributed by atoms with E-state index in [1.54, 1.807) is 0 Å². The molecule has 1 N–H and O–H groups in total. The molecule has 2 rings (SSSR count). The Labute approximate surface area is 74.7 Å². The second kappa shape index (κ2) is 3.35. The highest BCUT2D eigenvalue weighted by Crippen LogP contribution is 2.52.